The van der Waals surface area contributed by atoms with E-state index in [0.717, 1.165) is 24.3 Å². The van der Waals surface area contributed by atoms with E-state index in [1.54, 1.807) is 0 Å². The van der Waals surface area contributed by atoms with Crippen LogP contribution in [0, 0.1) is 10.1 Å². The Labute approximate surface area is 154 Å². The van der Waals surface area contributed by atoms with Gasteiger partial charge in [0.25, 0.3) is 5.69 Å². The molecule has 0 aliphatic carbocycles. The summed E-state index contributed by atoms with van der Waals surface area (Å²) >= 11 is 0. The van der Waals surface area contributed by atoms with E-state index in [-0.39, 0.29) is 17.2 Å². The lowest BCUT2D eigenvalue weighted by Crippen LogP contribution is -2.19. The molecule has 0 heterocycles. The molecule has 0 atom stereocenters. The number of non-ortho nitro benzene ring substituents is 1. The van der Waals surface area contributed by atoms with Crippen molar-refractivity contribution in [3.05, 3.63) is 58.6 Å². The number of nitrogens with two attached hydrogens (primary N) is 1. The quantitative estimate of drug-likeness (QED) is 0.332. The minimum Gasteiger partial charge on any atom is -0.484 e. The summed E-state index contributed by atoms with van der Waals surface area (Å²) in [5.74, 6) is 0.101. The van der Waals surface area contributed by atoms with Gasteiger partial charge in [0.2, 0.25) is 0 Å². The second-order valence-electron chi connectivity index (χ2n) is 5.13. The average Bonchev–Trinajstić information content (AvgIpc) is 2.59. The van der Waals surface area contributed by atoms with Crippen molar-refractivity contribution in [1.82, 2.24) is 0 Å². The molecule has 0 spiro atoms. The first-order valence-corrected chi connectivity index (χ1v) is 7.35. The molecule has 0 bridgehead atoms. The summed E-state index contributed by atoms with van der Waals surface area (Å²) < 4.78 is 79.0. The molecule has 2 N–H and O–H groups in total. The zero-order valence-corrected chi connectivity index (χ0v) is 14.0. The summed E-state index contributed by atoms with van der Waals surface area (Å²) in [5.41, 5.74) is 5.62. The van der Waals surface area contributed by atoms with Crippen LogP contribution in [0.5, 0.6) is 11.5 Å². The van der Waals surface area contributed by atoms with E-state index in [0.29, 0.717) is 5.69 Å². The third kappa shape index (κ3) is 10.1. The highest BCUT2D eigenvalue weighted by atomic mass is 19.4. The van der Waals surface area contributed by atoms with Crippen LogP contribution in [0.2, 0.25) is 0 Å². The molecule has 12 heteroatoms. The smallest absolute Gasteiger partial charge is 0.422 e. The van der Waals surface area contributed by atoms with Crippen LogP contribution < -0.4 is 15.2 Å². The number of nitro benzene ring substituents is 1. The first-order valence-electron chi connectivity index (χ1n) is 7.35. The van der Waals surface area contributed by atoms with Gasteiger partial charge in [0.05, 0.1) is 4.92 Å². The highest BCUT2D eigenvalue weighted by Crippen LogP contribution is 2.21. The molecule has 2 aromatic carbocycles. The van der Waals surface area contributed by atoms with Crippen LogP contribution >= 0.6 is 0 Å². The van der Waals surface area contributed by atoms with E-state index < -0.39 is 30.5 Å². The Morgan fingerprint density at radius 3 is 1.46 bits per heavy atom. The first-order chi connectivity index (χ1) is 12.9. The Morgan fingerprint density at radius 1 is 0.786 bits per heavy atom. The monoisotopic (exact) mass is 412 g/mol. The Hall–Kier alpha value is -3.18. The second kappa shape index (κ2) is 9.67. The third-order valence-corrected chi connectivity index (χ3v) is 2.73. The molecule has 2 rings (SSSR count). The number of rotatable bonds is 5. The van der Waals surface area contributed by atoms with Crippen molar-refractivity contribution >= 4 is 11.4 Å². The maximum atomic E-state index is 11.7. The van der Waals surface area contributed by atoms with Gasteiger partial charge in [-0.3, -0.25) is 10.1 Å². The molecule has 0 aliphatic rings. The number of benzene rings is 2. The van der Waals surface area contributed by atoms with Crippen molar-refractivity contribution in [1.29, 1.82) is 0 Å². The molecule has 0 radical (unpaired) electrons. The lowest BCUT2D eigenvalue weighted by Gasteiger charge is -2.08. The zero-order chi connectivity index (χ0) is 21.4. The molecule has 0 saturated carbocycles. The standard InChI is InChI=1S/C8H6F3NO3.C8H8F3NO/c9-8(10,11)5-15-7-3-1-6(2-4-7)12(13)14;9-8(10,11)5-13-7-3-1-6(12)2-4-7/h1-4H,5H2;1-4H,5,12H2. The number of ether oxygens (including phenoxy) is 2. The van der Waals surface area contributed by atoms with Crippen LogP contribution in [-0.4, -0.2) is 30.5 Å². The maximum Gasteiger partial charge on any atom is 0.422 e. The van der Waals surface area contributed by atoms with Crippen LogP contribution in [0.3, 0.4) is 0 Å². The molecule has 0 fully saturated rings. The molecule has 0 aliphatic heterocycles. The molecule has 0 aromatic heterocycles. The van der Waals surface area contributed by atoms with Gasteiger partial charge in [-0.25, -0.2) is 0 Å². The van der Waals surface area contributed by atoms with Crippen LogP contribution in [0.15, 0.2) is 48.5 Å². The molecule has 0 amide bonds. The van der Waals surface area contributed by atoms with Crippen LogP contribution in [0.4, 0.5) is 37.7 Å². The molecule has 28 heavy (non-hydrogen) atoms. The number of nitrogen functional groups attached to an aromatic ring is 1. The van der Waals surface area contributed by atoms with Crippen molar-refractivity contribution in [2.75, 3.05) is 18.9 Å². The number of nitro groups is 1. The molecule has 0 saturated heterocycles. The number of halogens is 6. The van der Waals surface area contributed by atoms with Gasteiger partial charge in [0.1, 0.15) is 11.5 Å². The number of nitrogens with zero attached hydrogens (tertiary/aromatic N) is 1. The number of alkyl halides is 6. The molecular formula is C16H14F6N2O4. The summed E-state index contributed by atoms with van der Waals surface area (Å²) in [6.45, 7) is -2.69. The predicted molar refractivity (Wildman–Crippen MR) is 87.1 cm³/mol. The van der Waals surface area contributed by atoms with Crippen molar-refractivity contribution in [2.24, 2.45) is 0 Å². The topological polar surface area (TPSA) is 87.6 Å². The summed E-state index contributed by atoms with van der Waals surface area (Å²) in [5, 5.41) is 10.2. The Kier molecular flexibility index (Phi) is 7.89. The van der Waals surface area contributed by atoms with Crippen molar-refractivity contribution in [2.45, 2.75) is 12.4 Å². The Bertz CT molecular complexity index is 746. The highest BCUT2D eigenvalue weighted by molar-refractivity contribution is 5.41. The fourth-order valence-electron chi connectivity index (χ4n) is 1.56. The lowest BCUT2D eigenvalue weighted by atomic mass is 10.3. The van der Waals surface area contributed by atoms with E-state index in [4.69, 9.17) is 5.73 Å². The third-order valence-electron chi connectivity index (χ3n) is 2.73. The summed E-state index contributed by atoms with van der Waals surface area (Å²) in [6, 6.07) is 10.1. The minimum atomic E-state index is -4.41. The summed E-state index contributed by atoms with van der Waals surface area (Å²) in [7, 11) is 0. The molecule has 6 nitrogen and oxygen atoms in total. The van der Waals surface area contributed by atoms with E-state index in [9.17, 15) is 36.5 Å². The van der Waals surface area contributed by atoms with Gasteiger partial charge >= 0.3 is 12.4 Å². The van der Waals surface area contributed by atoms with E-state index in [2.05, 4.69) is 9.47 Å². The second-order valence-corrected chi connectivity index (χ2v) is 5.13. The summed E-state index contributed by atoms with van der Waals surface area (Å²) in [4.78, 5) is 9.57. The minimum absolute atomic E-state index is 0.0575. The molecular weight excluding hydrogens is 398 g/mol. The van der Waals surface area contributed by atoms with Crippen LogP contribution in [0.25, 0.3) is 0 Å². The van der Waals surface area contributed by atoms with Crippen LogP contribution in [-0.2, 0) is 0 Å². The molecule has 154 valence electrons. The van der Waals surface area contributed by atoms with Crippen molar-refractivity contribution < 1.29 is 40.7 Å². The predicted octanol–water partition coefficient (Wildman–Crippen LogP) is 4.75. The van der Waals surface area contributed by atoms with Crippen molar-refractivity contribution in [3.63, 3.8) is 0 Å². The summed E-state index contributed by atoms with van der Waals surface area (Å²) in [6.07, 6.45) is -8.72. The zero-order valence-electron chi connectivity index (χ0n) is 14.0. The van der Waals surface area contributed by atoms with Gasteiger partial charge in [-0.2, -0.15) is 26.3 Å². The van der Waals surface area contributed by atoms with Crippen LogP contribution in [0.1, 0.15) is 0 Å². The molecule has 2 aromatic rings. The van der Waals surface area contributed by atoms with Gasteiger partial charge in [0, 0.05) is 17.8 Å². The van der Waals surface area contributed by atoms with Gasteiger partial charge in [-0.15, -0.1) is 0 Å². The largest absolute Gasteiger partial charge is 0.484 e. The average molecular weight is 412 g/mol. The number of hydrogen-bond acceptors (Lipinski definition) is 5. The van der Waals surface area contributed by atoms with E-state index >= 15 is 0 Å². The Balaban J connectivity index is 0.000000283. The van der Waals surface area contributed by atoms with E-state index in [1.807, 2.05) is 0 Å². The number of anilines is 1. The molecule has 0 unspecified atom stereocenters. The van der Waals surface area contributed by atoms with Gasteiger partial charge in [0.15, 0.2) is 13.2 Å². The van der Waals surface area contributed by atoms with Gasteiger partial charge in [-0.1, -0.05) is 0 Å². The number of hydrogen-bond donors (Lipinski definition) is 1. The fourth-order valence-corrected chi connectivity index (χ4v) is 1.56. The normalized spacial score (nSPS) is 11.2. The SMILES string of the molecule is Nc1ccc(OCC(F)(F)F)cc1.O=[N+]([O-])c1ccc(OCC(F)(F)F)cc1. The van der Waals surface area contributed by atoms with Gasteiger partial charge < -0.3 is 15.2 Å². The Morgan fingerprint density at radius 2 is 1.14 bits per heavy atom. The first kappa shape index (κ1) is 22.9. The van der Waals surface area contributed by atoms with Gasteiger partial charge in [-0.05, 0) is 36.4 Å². The van der Waals surface area contributed by atoms with E-state index in [1.165, 1.54) is 24.3 Å². The fraction of sp³-hybridized carbons (Fsp3) is 0.250. The highest BCUT2D eigenvalue weighted by Gasteiger charge is 2.29. The van der Waals surface area contributed by atoms with Crippen molar-refractivity contribution in [3.8, 4) is 11.5 Å². The maximum absolute atomic E-state index is 11.7. The lowest BCUT2D eigenvalue weighted by molar-refractivity contribution is -0.384.